The van der Waals surface area contributed by atoms with E-state index < -0.39 is 0 Å². The van der Waals surface area contributed by atoms with Crippen molar-refractivity contribution >= 4 is 27.5 Å². The summed E-state index contributed by atoms with van der Waals surface area (Å²) in [6.45, 7) is 8.24. The monoisotopic (exact) mass is 397 g/mol. The Kier molecular flexibility index (Phi) is 5.98. The number of nitro groups is 1. The summed E-state index contributed by atoms with van der Waals surface area (Å²) in [6, 6.07) is 4.83. The standard InChI is InChI=1S/C17H24BrN3O3/c1-17(2,3)19-16(22)12-6-8-20(9-7-12)11-13-10-14(21(23)24)4-5-15(13)18/h4-5,10,12H,6-9,11H2,1-3H3,(H,19,22). The zero-order valence-electron chi connectivity index (χ0n) is 14.3. The fraction of sp³-hybridized carbons (Fsp3) is 0.588. The molecule has 0 spiro atoms. The second-order valence-corrected chi connectivity index (χ2v) is 8.18. The van der Waals surface area contributed by atoms with Gasteiger partial charge in [0, 0.05) is 34.6 Å². The summed E-state index contributed by atoms with van der Waals surface area (Å²) in [5, 5.41) is 14.0. The fourth-order valence-corrected chi connectivity index (χ4v) is 3.23. The van der Waals surface area contributed by atoms with Crippen LogP contribution in [0.4, 0.5) is 5.69 Å². The summed E-state index contributed by atoms with van der Waals surface area (Å²) < 4.78 is 0.876. The van der Waals surface area contributed by atoms with Crippen LogP contribution in [0.3, 0.4) is 0 Å². The number of nitrogens with one attached hydrogen (secondary N) is 1. The van der Waals surface area contributed by atoms with Crippen LogP contribution in [0.1, 0.15) is 39.2 Å². The Morgan fingerprint density at radius 1 is 1.38 bits per heavy atom. The minimum absolute atomic E-state index is 0.0500. The molecule has 1 fully saturated rings. The molecule has 0 bridgehead atoms. The van der Waals surface area contributed by atoms with Gasteiger partial charge in [-0.05, 0) is 58.3 Å². The van der Waals surface area contributed by atoms with Crippen LogP contribution in [0.5, 0.6) is 0 Å². The number of hydrogen-bond acceptors (Lipinski definition) is 4. The number of carbonyl (C=O) groups is 1. The Labute approximate surface area is 150 Å². The minimum atomic E-state index is -0.376. The minimum Gasteiger partial charge on any atom is -0.351 e. The lowest BCUT2D eigenvalue weighted by molar-refractivity contribution is -0.384. The summed E-state index contributed by atoms with van der Waals surface area (Å²) in [5.74, 6) is 0.174. The molecule has 1 aromatic carbocycles. The van der Waals surface area contributed by atoms with Gasteiger partial charge in [-0.25, -0.2) is 0 Å². The molecular formula is C17H24BrN3O3. The average molecular weight is 398 g/mol. The molecule has 1 N–H and O–H groups in total. The topological polar surface area (TPSA) is 75.5 Å². The summed E-state index contributed by atoms with van der Waals surface area (Å²) in [4.78, 5) is 25.0. The van der Waals surface area contributed by atoms with E-state index in [1.165, 1.54) is 6.07 Å². The van der Waals surface area contributed by atoms with Crippen LogP contribution in [0.25, 0.3) is 0 Å². The summed E-state index contributed by atoms with van der Waals surface area (Å²) in [7, 11) is 0. The summed E-state index contributed by atoms with van der Waals surface area (Å²) in [5.41, 5.74) is 0.802. The number of likely N-dealkylation sites (tertiary alicyclic amines) is 1. The highest BCUT2D eigenvalue weighted by Crippen LogP contribution is 2.26. The van der Waals surface area contributed by atoms with E-state index in [9.17, 15) is 14.9 Å². The Bertz CT molecular complexity index is 620. The molecule has 1 aliphatic rings. The third-order valence-electron chi connectivity index (χ3n) is 4.09. The van der Waals surface area contributed by atoms with Crippen LogP contribution in [-0.2, 0) is 11.3 Å². The zero-order valence-corrected chi connectivity index (χ0v) is 15.9. The molecule has 0 atom stereocenters. The molecule has 24 heavy (non-hydrogen) atoms. The van der Waals surface area contributed by atoms with E-state index in [1.54, 1.807) is 12.1 Å². The normalized spacial score (nSPS) is 16.8. The van der Waals surface area contributed by atoms with Crippen LogP contribution >= 0.6 is 15.9 Å². The second-order valence-electron chi connectivity index (χ2n) is 7.32. The van der Waals surface area contributed by atoms with E-state index >= 15 is 0 Å². The predicted molar refractivity (Wildman–Crippen MR) is 96.7 cm³/mol. The maximum atomic E-state index is 12.2. The van der Waals surface area contributed by atoms with Crippen LogP contribution < -0.4 is 5.32 Å². The number of piperidine rings is 1. The van der Waals surface area contributed by atoms with Gasteiger partial charge in [0.05, 0.1) is 4.92 Å². The van der Waals surface area contributed by atoms with E-state index in [0.717, 1.165) is 36.0 Å². The van der Waals surface area contributed by atoms with Gasteiger partial charge in [-0.3, -0.25) is 19.8 Å². The Morgan fingerprint density at radius 2 is 2.00 bits per heavy atom. The highest BCUT2D eigenvalue weighted by Gasteiger charge is 2.27. The average Bonchev–Trinajstić information content (AvgIpc) is 2.48. The van der Waals surface area contributed by atoms with Gasteiger partial charge in [0.25, 0.3) is 5.69 Å². The largest absolute Gasteiger partial charge is 0.351 e. The van der Waals surface area contributed by atoms with Crippen LogP contribution in [0.2, 0.25) is 0 Å². The summed E-state index contributed by atoms with van der Waals surface area (Å²) >= 11 is 3.46. The van der Waals surface area contributed by atoms with E-state index in [1.807, 2.05) is 20.8 Å². The number of benzene rings is 1. The number of non-ortho nitro benzene ring substituents is 1. The van der Waals surface area contributed by atoms with Crippen molar-refractivity contribution in [2.75, 3.05) is 13.1 Å². The second kappa shape index (κ2) is 7.61. The van der Waals surface area contributed by atoms with Crippen molar-refractivity contribution in [1.82, 2.24) is 10.2 Å². The van der Waals surface area contributed by atoms with Crippen molar-refractivity contribution in [2.45, 2.75) is 45.7 Å². The lowest BCUT2D eigenvalue weighted by atomic mass is 9.94. The molecule has 2 rings (SSSR count). The SMILES string of the molecule is CC(C)(C)NC(=O)C1CCN(Cc2cc([N+](=O)[O-])ccc2Br)CC1. The molecule has 1 saturated heterocycles. The smallest absolute Gasteiger partial charge is 0.269 e. The molecule has 7 heteroatoms. The summed E-state index contributed by atoms with van der Waals surface area (Å²) in [6.07, 6.45) is 1.63. The maximum Gasteiger partial charge on any atom is 0.269 e. The van der Waals surface area contributed by atoms with E-state index in [0.29, 0.717) is 6.54 Å². The van der Waals surface area contributed by atoms with Crippen molar-refractivity contribution in [3.63, 3.8) is 0 Å². The number of halogens is 1. The van der Waals surface area contributed by atoms with Crippen LogP contribution in [0, 0.1) is 16.0 Å². The highest BCUT2D eigenvalue weighted by molar-refractivity contribution is 9.10. The first-order chi connectivity index (χ1) is 11.2. The molecule has 0 aromatic heterocycles. The van der Waals surface area contributed by atoms with Gasteiger partial charge < -0.3 is 5.32 Å². The number of amides is 1. The third kappa shape index (κ3) is 5.27. The van der Waals surface area contributed by atoms with E-state index in [2.05, 4.69) is 26.1 Å². The lowest BCUT2D eigenvalue weighted by Crippen LogP contribution is -2.46. The predicted octanol–water partition coefficient (Wildman–Crippen LogP) is 3.48. The van der Waals surface area contributed by atoms with Gasteiger partial charge in [0.2, 0.25) is 5.91 Å². The van der Waals surface area contributed by atoms with E-state index in [4.69, 9.17) is 0 Å². The van der Waals surface area contributed by atoms with Gasteiger partial charge in [0.15, 0.2) is 0 Å². The molecule has 1 amide bonds. The number of nitro benzene ring substituents is 1. The molecule has 1 aliphatic heterocycles. The van der Waals surface area contributed by atoms with E-state index in [-0.39, 0.29) is 28.0 Å². The first kappa shape index (κ1) is 18.9. The zero-order chi connectivity index (χ0) is 17.9. The molecule has 6 nitrogen and oxygen atoms in total. The number of carbonyl (C=O) groups excluding carboxylic acids is 1. The Balaban J connectivity index is 1.93. The third-order valence-corrected chi connectivity index (χ3v) is 4.86. The van der Waals surface area contributed by atoms with Crippen molar-refractivity contribution in [3.05, 3.63) is 38.3 Å². The molecule has 1 heterocycles. The Hall–Kier alpha value is -1.47. The van der Waals surface area contributed by atoms with Crippen molar-refractivity contribution < 1.29 is 9.72 Å². The molecule has 0 aliphatic carbocycles. The van der Waals surface area contributed by atoms with Gasteiger partial charge in [-0.15, -0.1) is 0 Å². The first-order valence-corrected chi connectivity index (χ1v) is 8.92. The van der Waals surface area contributed by atoms with Gasteiger partial charge in [-0.2, -0.15) is 0 Å². The molecular weight excluding hydrogens is 374 g/mol. The molecule has 0 saturated carbocycles. The lowest BCUT2D eigenvalue weighted by Gasteiger charge is -2.33. The van der Waals surface area contributed by atoms with Crippen LogP contribution in [-0.4, -0.2) is 34.4 Å². The maximum absolute atomic E-state index is 12.2. The van der Waals surface area contributed by atoms with Gasteiger partial charge >= 0.3 is 0 Å². The molecule has 1 aromatic rings. The van der Waals surface area contributed by atoms with Crippen molar-refractivity contribution in [2.24, 2.45) is 5.92 Å². The van der Waals surface area contributed by atoms with Gasteiger partial charge in [0.1, 0.15) is 0 Å². The fourth-order valence-electron chi connectivity index (χ4n) is 2.86. The number of hydrogen-bond donors (Lipinski definition) is 1. The highest BCUT2D eigenvalue weighted by atomic mass is 79.9. The van der Waals surface area contributed by atoms with Crippen molar-refractivity contribution in [3.8, 4) is 0 Å². The van der Waals surface area contributed by atoms with Gasteiger partial charge in [-0.1, -0.05) is 15.9 Å². The first-order valence-electron chi connectivity index (χ1n) is 8.13. The number of rotatable bonds is 4. The number of nitrogens with zero attached hydrogens (tertiary/aromatic N) is 2. The molecule has 132 valence electrons. The van der Waals surface area contributed by atoms with Crippen molar-refractivity contribution in [1.29, 1.82) is 0 Å². The Morgan fingerprint density at radius 3 is 2.54 bits per heavy atom. The van der Waals surface area contributed by atoms with Crippen LogP contribution in [0.15, 0.2) is 22.7 Å². The molecule has 0 radical (unpaired) electrons. The quantitative estimate of drug-likeness (QED) is 0.623. The molecule has 0 unspecified atom stereocenters.